The van der Waals surface area contributed by atoms with E-state index in [1.54, 1.807) is 18.0 Å². The Morgan fingerprint density at radius 2 is 2.23 bits per heavy atom. The molecule has 0 unspecified atom stereocenters. The van der Waals surface area contributed by atoms with Crippen molar-refractivity contribution in [3.05, 3.63) is 47.6 Å². The van der Waals surface area contributed by atoms with Crippen LogP contribution in [0.25, 0.3) is 10.9 Å². The zero-order valence-electron chi connectivity index (χ0n) is 14.4. The molecule has 26 heavy (non-hydrogen) atoms. The van der Waals surface area contributed by atoms with Gasteiger partial charge in [0, 0.05) is 30.4 Å². The number of thioether (sulfide) groups is 1. The standard InChI is InChI=1S/C19H20N4O2S/c24-17(12-15-13-26-19-22-8-3-10-23(15)19)20-9-11-25-16-6-1-4-14-5-2-7-21-18(14)16/h1-2,4-7,13H,3,8-12H2,(H,20,24). The van der Waals surface area contributed by atoms with Crippen molar-refractivity contribution in [1.29, 1.82) is 0 Å². The molecule has 1 amide bonds. The minimum Gasteiger partial charge on any atom is -0.489 e. The van der Waals surface area contributed by atoms with Crippen LogP contribution in [0, 0.1) is 0 Å². The summed E-state index contributed by atoms with van der Waals surface area (Å²) in [5, 5.41) is 7.01. The molecular formula is C19H20N4O2S. The summed E-state index contributed by atoms with van der Waals surface area (Å²) in [5.41, 5.74) is 1.87. The van der Waals surface area contributed by atoms with Crippen molar-refractivity contribution >= 4 is 33.7 Å². The molecule has 1 N–H and O–H groups in total. The van der Waals surface area contributed by atoms with Crippen molar-refractivity contribution < 1.29 is 9.53 Å². The summed E-state index contributed by atoms with van der Waals surface area (Å²) >= 11 is 1.61. The first-order valence-electron chi connectivity index (χ1n) is 8.72. The van der Waals surface area contributed by atoms with Gasteiger partial charge in [-0.25, -0.2) is 0 Å². The van der Waals surface area contributed by atoms with Gasteiger partial charge in [0.05, 0.1) is 13.0 Å². The number of carbonyl (C=O) groups excluding carboxylic acids is 1. The Kier molecular flexibility index (Phi) is 5.06. The van der Waals surface area contributed by atoms with E-state index in [1.807, 2.05) is 35.7 Å². The van der Waals surface area contributed by atoms with Crippen molar-refractivity contribution in [1.82, 2.24) is 15.2 Å². The Labute approximate surface area is 156 Å². The molecule has 0 fully saturated rings. The number of pyridine rings is 1. The fourth-order valence-electron chi connectivity index (χ4n) is 3.04. The predicted octanol–water partition coefficient (Wildman–Crippen LogP) is 2.77. The number of benzene rings is 1. The van der Waals surface area contributed by atoms with E-state index >= 15 is 0 Å². The normalized spacial score (nSPS) is 16.1. The third-order valence-corrected chi connectivity index (χ3v) is 5.23. The Morgan fingerprint density at radius 3 is 3.19 bits per heavy atom. The lowest BCUT2D eigenvalue weighted by molar-refractivity contribution is -0.120. The van der Waals surface area contributed by atoms with Crippen LogP contribution in [0.15, 0.2) is 52.6 Å². The van der Waals surface area contributed by atoms with Gasteiger partial charge in [-0.2, -0.15) is 0 Å². The summed E-state index contributed by atoms with van der Waals surface area (Å²) in [6, 6.07) is 9.75. The maximum absolute atomic E-state index is 12.2. The highest BCUT2D eigenvalue weighted by Crippen LogP contribution is 2.30. The zero-order valence-corrected chi connectivity index (χ0v) is 15.2. The number of fused-ring (bicyclic) bond motifs is 2. The predicted molar refractivity (Wildman–Crippen MR) is 104 cm³/mol. The SMILES string of the molecule is O=C(CC1=CSC2=NCCCN12)NCCOc1cccc2cccnc12. The lowest BCUT2D eigenvalue weighted by atomic mass is 10.2. The molecule has 0 bridgehead atoms. The second kappa shape index (κ2) is 7.78. The molecule has 4 rings (SSSR count). The first-order chi connectivity index (χ1) is 12.8. The number of ether oxygens (including phenoxy) is 1. The van der Waals surface area contributed by atoms with Crippen molar-refractivity contribution in [3.63, 3.8) is 0 Å². The Hall–Kier alpha value is -2.54. The summed E-state index contributed by atoms with van der Waals surface area (Å²) in [6.45, 7) is 2.70. The van der Waals surface area contributed by atoms with E-state index in [0.29, 0.717) is 19.6 Å². The number of amides is 1. The molecule has 0 radical (unpaired) electrons. The van der Waals surface area contributed by atoms with Gasteiger partial charge in [-0.05, 0) is 24.0 Å². The number of aromatic nitrogens is 1. The molecule has 1 aromatic heterocycles. The number of nitrogens with one attached hydrogen (secondary N) is 1. The molecule has 0 saturated heterocycles. The molecule has 2 aliphatic heterocycles. The largest absolute Gasteiger partial charge is 0.489 e. The second-order valence-corrected chi connectivity index (χ2v) is 6.94. The molecule has 134 valence electrons. The molecule has 3 heterocycles. The van der Waals surface area contributed by atoms with Crippen molar-refractivity contribution in [3.8, 4) is 5.75 Å². The average molecular weight is 368 g/mol. The van der Waals surface area contributed by atoms with Crippen LogP contribution in [0.5, 0.6) is 5.75 Å². The highest BCUT2D eigenvalue weighted by atomic mass is 32.2. The highest BCUT2D eigenvalue weighted by molar-refractivity contribution is 8.16. The van der Waals surface area contributed by atoms with Gasteiger partial charge in [-0.15, -0.1) is 0 Å². The molecule has 2 aliphatic rings. The quantitative estimate of drug-likeness (QED) is 0.794. The molecule has 0 spiro atoms. The van der Waals surface area contributed by atoms with Crippen LogP contribution in [-0.4, -0.2) is 47.2 Å². The molecule has 6 nitrogen and oxygen atoms in total. The van der Waals surface area contributed by atoms with E-state index in [1.165, 1.54) is 0 Å². The Bertz CT molecular complexity index is 875. The minimum absolute atomic E-state index is 0.00307. The van der Waals surface area contributed by atoms with E-state index in [2.05, 4.69) is 20.2 Å². The van der Waals surface area contributed by atoms with Gasteiger partial charge < -0.3 is 15.0 Å². The smallest absolute Gasteiger partial charge is 0.226 e. The Balaban J connectivity index is 1.25. The molecule has 0 atom stereocenters. The van der Waals surface area contributed by atoms with Gasteiger partial charge >= 0.3 is 0 Å². The number of hydrogen-bond acceptors (Lipinski definition) is 6. The van der Waals surface area contributed by atoms with E-state index in [9.17, 15) is 4.79 Å². The van der Waals surface area contributed by atoms with Gasteiger partial charge in [0.25, 0.3) is 0 Å². The van der Waals surface area contributed by atoms with Crippen LogP contribution in [0.1, 0.15) is 12.8 Å². The number of hydrogen-bond donors (Lipinski definition) is 1. The minimum atomic E-state index is 0.00307. The topological polar surface area (TPSA) is 66.8 Å². The summed E-state index contributed by atoms with van der Waals surface area (Å²) < 4.78 is 5.80. The van der Waals surface area contributed by atoms with E-state index in [0.717, 1.165) is 47.0 Å². The van der Waals surface area contributed by atoms with Gasteiger partial charge in [0.2, 0.25) is 5.91 Å². The number of aliphatic imine (C=N–C) groups is 1. The molecule has 2 aromatic rings. The first kappa shape index (κ1) is 16.9. The first-order valence-corrected chi connectivity index (χ1v) is 9.60. The van der Waals surface area contributed by atoms with Crippen LogP contribution in [0.3, 0.4) is 0 Å². The van der Waals surface area contributed by atoms with Gasteiger partial charge in [-0.3, -0.25) is 14.8 Å². The van der Waals surface area contributed by atoms with Crippen molar-refractivity contribution in [2.24, 2.45) is 4.99 Å². The lowest BCUT2D eigenvalue weighted by Crippen LogP contribution is -2.33. The molecule has 0 aliphatic carbocycles. The maximum Gasteiger partial charge on any atom is 0.226 e. The van der Waals surface area contributed by atoms with Crippen LogP contribution in [0.2, 0.25) is 0 Å². The summed E-state index contributed by atoms with van der Waals surface area (Å²) in [6.07, 6.45) is 3.17. The highest BCUT2D eigenvalue weighted by Gasteiger charge is 2.25. The molecule has 7 heteroatoms. The van der Waals surface area contributed by atoms with Crippen molar-refractivity contribution in [2.45, 2.75) is 12.8 Å². The van der Waals surface area contributed by atoms with E-state index < -0.39 is 0 Å². The van der Waals surface area contributed by atoms with Crippen LogP contribution in [-0.2, 0) is 4.79 Å². The summed E-state index contributed by atoms with van der Waals surface area (Å²) in [4.78, 5) is 23.2. The third-order valence-electron chi connectivity index (χ3n) is 4.28. The van der Waals surface area contributed by atoms with Crippen LogP contribution >= 0.6 is 11.8 Å². The summed E-state index contributed by atoms with van der Waals surface area (Å²) in [5.74, 6) is 0.740. The number of para-hydroxylation sites is 1. The van der Waals surface area contributed by atoms with Gasteiger partial charge in [-0.1, -0.05) is 30.0 Å². The van der Waals surface area contributed by atoms with Gasteiger partial charge in [0.1, 0.15) is 17.9 Å². The monoisotopic (exact) mass is 368 g/mol. The molecule has 1 aromatic carbocycles. The Morgan fingerprint density at radius 1 is 1.31 bits per heavy atom. The number of nitrogens with zero attached hydrogens (tertiary/aromatic N) is 3. The molecular weight excluding hydrogens is 348 g/mol. The van der Waals surface area contributed by atoms with E-state index in [4.69, 9.17) is 4.74 Å². The number of amidine groups is 1. The fraction of sp³-hybridized carbons (Fsp3) is 0.316. The van der Waals surface area contributed by atoms with Gasteiger partial charge in [0.15, 0.2) is 5.17 Å². The number of carbonyl (C=O) groups is 1. The molecule has 0 saturated carbocycles. The maximum atomic E-state index is 12.2. The van der Waals surface area contributed by atoms with Crippen LogP contribution < -0.4 is 10.1 Å². The van der Waals surface area contributed by atoms with Crippen LogP contribution in [0.4, 0.5) is 0 Å². The fourth-order valence-corrected chi connectivity index (χ4v) is 4.00. The average Bonchev–Trinajstić information content (AvgIpc) is 3.08. The lowest BCUT2D eigenvalue weighted by Gasteiger charge is -2.25. The van der Waals surface area contributed by atoms with Crippen molar-refractivity contribution in [2.75, 3.05) is 26.2 Å². The second-order valence-electron chi connectivity index (χ2n) is 6.10. The summed E-state index contributed by atoms with van der Waals surface area (Å²) in [7, 11) is 0. The third kappa shape index (κ3) is 3.67. The number of rotatable bonds is 6. The van der Waals surface area contributed by atoms with E-state index in [-0.39, 0.29) is 5.91 Å². The zero-order chi connectivity index (χ0) is 17.8.